The van der Waals surface area contributed by atoms with Crippen molar-refractivity contribution < 1.29 is 0 Å². The smallest absolute Gasteiger partial charge is 0.0589 e. The normalized spacial score (nSPS) is 12.1. The second-order valence-electron chi connectivity index (χ2n) is 4.35. The summed E-state index contributed by atoms with van der Waals surface area (Å²) < 4.78 is 0. The molecule has 3 N–H and O–H groups in total. The molecule has 0 atom stereocenters. The van der Waals surface area contributed by atoms with Gasteiger partial charge in [-0.15, -0.1) is 24.8 Å². The maximum absolute atomic E-state index is 5.58. The van der Waals surface area contributed by atoms with Crippen LogP contribution in [0.3, 0.4) is 0 Å². The van der Waals surface area contributed by atoms with Crippen LogP contribution in [0.25, 0.3) is 11.1 Å². The van der Waals surface area contributed by atoms with Crippen molar-refractivity contribution in [3.8, 4) is 11.1 Å². The first kappa shape index (κ1) is 16.0. The molecule has 3 rings (SSSR count). The van der Waals surface area contributed by atoms with E-state index in [1.54, 1.807) is 0 Å². The first-order chi connectivity index (χ1) is 8.42. The summed E-state index contributed by atoms with van der Waals surface area (Å²) in [6.45, 7) is 1.51. The van der Waals surface area contributed by atoms with Crippen LogP contribution in [0, 0.1) is 0 Å². The fourth-order valence-corrected chi connectivity index (χ4v) is 2.60. The minimum Gasteiger partial charge on any atom is -0.329 e. The molecule has 0 unspecified atom stereocenters. The molecule has 0 fully saturated rings. The van der Waals surface area contributed by atoms with Gasteiger partial charge in [0.2, 0.25) is 0 Å². The topological polar surface area (TPSA) is 38.0 Å². The van der Waals surface area contributed by atoms with Crippen molar-refractivity contribution in [1.82, 2.24) is 5.32 Å². The summed E-state index contributed by atoms with van der Waals surface area (Å²) in [6.07, 6.45) is 0. The zero-order chi connectivity index (χ0) is 11.7. The van der Waals surface area contributed by atoms with Crippen LogP contribution < -0.4 is 11.1 Å². The van der Waals surface area contributed by atoms with Crippen LogP contribution in [0.5, 0.6) is 0 Å². The van der Waals surface area contributed by atoms with Gasteiger partial charge in [-0.05, 0) is 22.3 Å². The lowest BCUT2D eigenvalue weighted by Gasteiger charge is -2.14. The highest BCUT2D eigenvalue weighted by molar-refractivity contribution is 5.85. The third-order valence-electron chi connectivity index (χ3n) is 3.33. The molecular formula is C15H18Cl2N2. The quantitative estimate of drug-likeness (QED) is 0.913. The molecule has 2 aromatic carbocycles. The summed E-state index contributed by atoms with van der Waals surface area (Å²) in [7, 11) is 0. The van der Waals surface area contributed by atoms with Crippen molar-refractivity contribution in [3.05, 3.63) is 59.7 Å². The van der Waals surface area contributed by atoms with E-state index in [0.717, 1.165) is 6.54 Å². The fourth-order valence-electron chi connectivity index (χ4n) is 2.60. The van der Waals surface area contributed by atoms with Crippen LogP contribution in [-0.2, 0) is 0 Å². The van der Waals surface area contributed by atoms with Gasteiger partial charge in [-0.25, -0.2) is 0 Å². The van der Waals surface area contributed by atoms with Crippen molar-refractivity contribution in [2.75, 3.05) is 13.1 Å². The Morgan fingerprint density at radius 2 is 1.32 bits per heavy atom. The van der Waals surface area contributed by atoms with Crippen LogP contribution >= 0.6 is 24.8 Å². The molecule has 0 bridgehead atoms. The number of rotatable bonds is 3. The van der Waals surface area contributed by atoms with E-state index in [4.69, 9.17) is 5.73 Å². The summed E-state index contributed by atoms with van der Waals surface area (Å²) in [5, 5.41) is 3.52. The molecule has 19 heavy (non-hydrogen) atoms. The number of benzene rings is 2. The van der Waals surface area contributed by atoms with Gasteiger partial charge in [0.25, 0.3) is 0 Å². The van der Waals surface area contributed by atoms with E-state index in [-0.39, 0.29) is 24.8 Å². The van der Waals surface area contributed by atoms with Gasteiger partial charge >= 0.3 is 0 Å². The average molecular weight is 297 g/mol. The van der Waals surface area contributed by atoms with Gasteiger partial charge in [0, 0.05) is 13.1 Å². The number of nitrogens with two attached hydrogens (primary N) is 1. The Labute approximate surface area is 126 Å². The lowest BCUT2D eigenvalue weighted by Crippen LogP contribution is -2.26. The van der Waals surface area contributed by atoms with Crippen molar-refractivity contribution >= 4 is 24.8 Å². The largest absolute Gasteiger partial charge is 0.329 e. The summed E-state index contributed by atoms with van der Waals surface area (Å²) in [4.78, 5) is 0. The van der Waals surface area contributed by atoms with E-state index < -0.39 is 0 Å². The number of fused-ring (bicyclic) bond motifs is 3. The Balaban J connectivity index is 0.000000902. The van der Waals surface area contributed by atoms with Crippen LogP contribution in [0.15, 0.2) is 48.5 Å². The molecule has 1 aliphatic rings. The van der Waals surface area contributed by atoms with Crippen LogP contribution in [0.1, 0.15) is 17.2 Å². The summed E-state index contributed by atoms with van der Waals surface area (Å²) in [5.74, 6) is 0. The predicted molar refractivity (Wildman–Crippen MR) is 85.3 cm³/mol. The second kappa shape index (κ2) is 6.92. The average Bonchev–Trinajstić information content (AvgIpc) is 2.71. The zero-order valence-electron chi connectivity index (χ0n) is 10.5. The molecule has 102 valence electrons. The van der Waals surface area contributed by atoms with Crippen molar-refractivity contribution in [2.45, 2.75) is 6.04 Å². The molecule has 4 heteroatoms. The maximum atomic E-state index is 5.58. The Kier molecular flexibility index (Phi) is 5.83. The molecule has 0 aromatic heterocycles. The Morgan fingerprint density at radius 1 is 0.842 bits per heavy atom. The Bertz CT molecular complexity index is 498. The van der Waals surface area contributed by atoms with E-state index in [1.807, 2.05) is 0 Å². The zero-order valence-corrected chi connectivity index (χ0v) is 12.1. The molecule has 0 saturated carbocycles. The Hall–Kier alpha value is -1.06. The lowest BCUT2D eigenvalue weighted by atomic mass is 10.1. The SMILES string of the molecule is Cl.Cl.NCCNC1c2ccccc2-c2ccccc21. The first-order valence-corrected chi connectivity index (χ1v) is 6.03. The van der Waals surface area contributed by atoms with Gasteiger partial charge in [0.15, 0.2) is 0 Å². The molecule has 0 radical (unpaired) electrons. The van der Waals surface area contributed by atoms with Crippen molar-refractivity contribution in [2.24, 2.45) is 5.73 Å². The monoisotopic (exact) mass is 296 g/mol. The van der Waals surface area contributed by atoms with Gasteiger partial charge in [-0.2, -0.15) is 0 Å². The van der Waals surface area contributed by atoms with Gasteiger partial charge < -0.3 is 11.1 Å². The van der Waals surface area contributed by atoms with Gasteiger partial charge in [0.05, 0.1) is 6.04 Å². The molecule has 0 aliphatic heterocycles. The summed E-state index contributed by atoms with van der Waals surface area (Å²) >= 11 is 0. The number of nitrogens with one attached hydrogen (secondary N) is 1. The van der Waals surface area contributed by atoms with E-state index in [0.29, 0.717) is 12.6 Å². The highest BCUT2D eigenvalue weighted by Crippen LogP contribution is 2.42. The van der Waals surface area contributed by atoms with Crippen molar-refractivity contribution in [3.63, 3.8) is 0 Å². The fraction of sp³-hybridized carbons (Fsp3) is 0.200. The van der Waals surface area contributed by atoms with E-state index in [1.165, 1.54) is 22.3 Å². The third kappa shape index (κ3) is 2.77. The van der Waals surface area contributed by atoms with Crippen molar-refractivity contribution in [1.29, 1.82) is 0 Å². The molecular weight excluding hydrogens is 279 g/mol. The van der Waals surface area contributed by atoms with Gasteiger partial charge in [0.1, 0.15) is 0 Å². The molecule has 0 amide bonds. The minimum absolute atomic E-state index is 0. The second-order valence-corrected chi connectivity index (χ2v) is 4.35. The maximum Gasteiger partial charge on any atom is 0.0589 e. The standard InChI is InChI=1S/C15H16N2.2ClH/c16-9-10-17-15-13-7-3-1-5-11(13)12-6-2-4-8-14(12)15;;/h1-8,15,17H,9-10,16H2;2*1H. The molecule has 1 aliphatic carbocycles. The predicted octanol–water partition coefficient (Wildman–Crippen LogP) is 3.15. The summed E-state index contributed by atoms with van der Waals surface area (Å²) in [5.41, 5.74) is 11.0. The van der Waals surface area contributed by atoms with E-state index >= 15 is 0 Å². The third-order valence-corrected chi connectivity index (χ3v) is 3.33. The molecule has 2 aromatic rings. The molecule has 2 nitrogen and oxygen atoms in total. The number of hydrogen-bond donors (Lipinski definition) is 2. The van der Waals surface area contributed by atoms with Crippen LogP contribution in [0.2, 0.25) is 0 Å². The first-order valence-electron chi connectivity index (χ1n) is 6.03. The van der Waals surface area contributed by atoms with E-state index in [2.05, 4.69) is 53.8 Å². The summed E-state index contributed by atoms with van der Waals surface area (Å²) in [6, 6.07) is 17.5. The lowest BCUT2D eigenvalue weighted by molar-refractivity contribution is 0.622. The minimum atomic E-state index is 0. The van der Waals surface area contributed by atoms with E-state index in [9.17, 15) is 0 Å². The highest BCUT2D eigenvalue weighted by Gasteiger charge is 2.26. The van der Waals surface area contributed by atoms with Crippen LogP contribution in [0.4, 0.5) is 0 Å². The molecule has 0 heterocycles. The number of halogens is 2. The number of hydrogen-bond acceptors (Lipinski definition) is 2. The van der Waals surface area contributed by atoms with Gasteiger partial charge in [-0.3, -0.25) is 0 Å². The molecule has 0 spiro atoms. The highest BCUT2D eigenvalue weighted by atomic mass is 35.5. The van der Waals surface area contributed by atoms with Gasteiger partial charge in [-0.1, -0.05) is 48.5 Å². The van der Waals surface area contributed by atoms with Crippen LogP contribution in [-0.4, -0.2) is 13.1 Å². The Morgan fingerprint density at radius 3 is 1.79 bits per heavy atom. The molecule has 0 saturated heterocycles.